The lowest BCUT2D eigenvalue weighted by Gasteiger charge is -2.18. The van der Waals surface area contributed by atoms with Gasteiger partial charge in [0.1, 0.15) is 0 Å². The quantitative estimate of drug-likeness (QED) is 0.741. The van der Waals surface area contributed by atoms with Crippen LogP contribution in [-0.2, 0) is 20.7 Å². The number of aryl methyl sites for hydroxylation is 1. The normalized spacial score (nSPS) is 14.7. The number of nitrogens with zero attached hydrogens (tertiary/aromatic N) is 1. The Morgan fingerprint density at radius 2 is 1.96 bits per heavy atom. The monoisotopic (exact) mass is 350 g/mol. The van der Waals surface area contributed by atoms with Crippen molar-refractivity contribution in [2.75, 3.05) is 27.3 Å². The Morgan fingerprint density at radius 1 is 1.24 bits per heavy atom. The molecule has 3 amide bonds. The van der Waals surface area contributed by atoms with Crippen molar-refractivity contribution < 1.29 is 28.6 Å². The minimum absolute atomic E-state index is 0.110. The number of carbonyl (C=O) groups excluding carboxylic acids is 3. The van der Waals surface area contributed by atoms with Crippen molar-refractivity contribution in [2.24, 2.45) is 0 Å². The van der Waals surface area contributed by atoms with E-state index in [1.54, 1.807) is 19.2 Å². The number of rotatable bonds is 7. The van der Waals surface area contributed by atoms with E-state index in [0.717, 1.165) is 10.5 Å². The van der Waals surface area contributed by atoms with E-state index in [0.29, 0.717) is 24.5 Å². The average molecular weight is 350 g/mol. The highest BCUT2D eigenvalue weighted by Gasteiger charge is 2.31. The van der Waals surface area contributed by atoms with Crippen LogP contribution < -0.4 is 14.8 Å². The Morgan fingerprint density at radius 3 is 2.56 bits per heavy atom. The summed E-state index contributed by atoms with van der Waals surface area (Å²) in [7, 11) is 3.09. The fourth-order valence-corrected chi connectivity index (χ4v) is 2.49. The first-order valence-corrected chi connectivity index (χ1v) is 7.96. The van der Waals surface area contributed by atoms with E-state index in [-0.39, 0.29) is 13.0 Å². The lowest BCUT2D eigenvalue weighted by atomic mass is 10.1. The van der Waals surface area contributed by atoms with Crippen LogP contribution in [-0.4, -0.2) is 56.2 Å². The average Bonchev–Trinajstić information content (AvgIpc) is 3.04. The van der Waals surface area contributed by atoms with Crippen LogP contribution in [0.25, 0.3) is 0 Å². The second-order valence-corrected chi connectivity index (χ2v) is 5.54. The summed E-state index contributed by atoms with van der Waals surface area (Å²) in [5.41, 5.74) is 0.882. The summed E-state index contributed by atoms with van der Waals surface area (Å²) >= 11 is 0. The summed E-state index contributed by atoms with van der Waals surface area (Å²) in [5.74, 6) is 0.165. The number of hydrogen-bond acceptors (Lipinski definition) is 6. The number of hydrogen-bond donors (Lipinski definition) is 1. The molecule has 136 valence electrons. The predicted octanol–water partition coefficient (Wildman–Crippen LogP) is 1.12. The number of ether oxygens (including phenoxy) is 3. The predicted molar refractivity (Wildman–Crippen MR) is 88.5 cm³/mol. The molecule has 0 unspecified atom stereocenters. The number of urea groups is 1. The van der Waals surface area contributed by atoms with Crippen LogP contribution in [0.2, 0.25) is 0 Å². The van der Waals surface area contributed by atoms with Gasteiger partial charge in [-0.3, -0.25) is 14.5 Å². The lowest BCUT2D eigenvalue weighted by Crippen LogP contribution is -2.41. The third kappa shape index (κ3) is 4.62. The van der Waals surface area contributed by atoms with Gasteiger partial charge in [0, 0.05) is 19.5 Å². The van der Waals surface area contributed by atoms with Crippen LogP contribution in [0.15, 0.2) is 18.2 Å². The third-order valence-corrected chi connectivity index (χ3v) is 3.84. The largest absolute Gasteiger partial charge is 0.493 e. The molecule has 25 heavy (non-hydrogen) atoms. The van der Waals surface area contributed by atoms with E-state index in [9.17, 15) is 14.4 Å². The molecule has 1 aromatic carbocycles. The minimum Gasteiger partial charge on any atom is -0.493 e. The molecule has 1 fully saturated rings. The molecule has 1 aliphatic rings. The number of imide groups is 1. The summed E-state index contributed by atoms with van der Waals surface area (Å²) in [5, 5.41) is 2.53. The van der Waals surface area contributed by atoms with Gasteiger partial charge in [-0.1, -0.05) is 6.07 Å². The molecular formula is C17H22N2O6. The summed E-state index contributed by atoms with van der Waals surface area (Å²) in [6, 6.07) is 4.92. The minimum atomic E-state index is -0.998. The van der Waals surface area contributed by atoms with E-state index in [2.05, 4.69) is 5.32 Å². The molecule has 2 rings (SSSR count). The van der Waals surface area contributed by atoms with E-state index < -0.39 is 24.0 Å². The number of benzene rings is 1. The topological polar surface area (TPSA) is 94.2 Å². The van der Waals surface area contributed by atoms with Gasteiger partial charge in [-0.25, -0.2) is 4.79 Å². The molecule has 1 heterocycles. The van der Waals surface area contributed by atoms with Gasteiger partial charge < -0.3 is 19.5 Å². The maximum Gasteiger partial charge on any atom is 0.324 e. The van der Waals surface area contributed by atoms with Gasteiger partial charge in [-0.15, -0.1) is 0 Å². The highest BCUT2D eigenvalue weighted by atomic mass is 16.5. The van der Waals surface area contributed by atoms with Crippen molar-refractivity contribution in [3.8, 4) is 11.5 Å². The van der Waals surface area contributed by atoms with Gasteiger partial charge in [0.15, 0.2) is 17.6 Å². The Hall–Kier alpha value is -2.77. The highest BCUT2D eigenvalue weighted by molar-refractivity contribution is 5.98. The van der Waals surface area contributed by atoms with Gasteiger partial charge in [0.05, 0.1) is 14.2 Å². The van der Waals surface area contributed by atoms with Crippen molar-refractivity contribution in [1.29, 1.82) is 0 Å². The molecule has 1 N–H and O–H groups in total. The number of carbonyl (C=O) groups is 3. The number of methoxy groups -OCH3 is 2. The van der Waals surface area contributed by atoms with Crippen LogP contribution in [0.5, 0.6) is 11.5 Å². The Balaban J connectivity index is 1.86. The van der Waals surface area contributed by atoms with Gasteiger partial charge >= 0.3 is 12.0 Å². The molecule has 0 aliphatic carbocycles. The van der Waals surface area contributed by atoms with Crippen LogP contribution in [0, 0.1) is 0 Å². The number of amides is 3. The molecule has 0 aromatic heterocycles. The Bertz CT molecular complexity index is 661. The van der Waals surface area contributed by atoms with E-state index in [4.69, 9.17) is 14.2 Å². The summed E-state index contributed by atoms with van der Waals surface area (Å²) in [6.07, 6.45) is -0.453. The fourth-order valence-electron chi connectivity index (χ4n) is 2.49. The Kier molecular flexibility index (Phi) is 6.21. The molecule has 0 spiro atoms. The zero-order valence-corrected chi connectivity index (χ0v) is 14.5. The summed E-state index contributed by atoms with van der Waals surface area (Å²) < 4.78 is 15.5. The summed E-state index contributed by atoms with van der Waals surface area (Å²) in [6.45, 7) is 2.15. The molecular weight excluding hydrogens is 328 g/mol. The van der Waals surface area contributed by atoms with Crippen LogP contribution in [0.3, 0.4) is 0 Å². The third-order valence-electron chi connectivity index (χ3n) is 3.84. The van der Waals surface area contributed by atoms with Gasteiger partial charge in [-0.2, -0.15) is 0 Å². The molecule has 0 saturated carbocycles. The highest BCUT2D eigenvalue weighted by Crippen LogP contribution is 2.28. The van der Waals surface area contributed by atoms with Crippen molar-refractivity contribution in [1.82, 2.24) is 10.2 Å². The van der Waals surface area contributed by atoms with Crippen LogP contribution >= 0.6 is 0 Å². The van der Waals surface area contributed by atoms with Crippen molar-refractivity contribution in [3.05, 3.63) is 23.8 Å². The van der Waals surface area contributed by atoms with Gasteiger partial charge in [-0.05, 0) is 31.0 Å². The SMILES string of the molecule is COc1ccc(CCC(=O)O[C@H](C)C(=O)N2CCNC2=O)cc1OC. The van der Waals surface area contributed by atoms with Crippen LogP contribution in [0.1, 0.15) is 18.9 Å². The maximum absolute atomic E-state index is 12.1. The van der Waals surface area contributed by atoms with Crippen molar-refractivity contribution in [2.45, 2.75) is 25.9 Å². The van der Waals surface area contributed by atoms with Crippen molar-refractivity contribution >= 4 is 17.9 Å². The number of esters is 1. The lowest BCUT2D eigenvalue weighted by molar-refractivity contribution is -0.157. The van der Waals surface area contributed by atoms with E-state index in [1.807, 2.05) is 6.07 Å². The molecule has 0 bridgehead atoms. The number of nitrogens with one attached hydrogen (secondary N) is 1. The van der Waals surface area contributed by atoms with E-state index in [1.165, 1.54) is 14.0 Å². The fraction of sp³-hybridized carbons (Fsp3) is 0.471. The van der Waals surface area contributed by atoms with E-state index >= 15 is 0 Å². The molecule has 1 aromatic rings. The zero-order chi connectivity index (χ0) is 18.4. The second-order valence-electron chi connectivity index (χ2n) is 5.54. The molecule has 1 aliphatic heterocycles. The second kappa shape index (κ2) is 8.36. The first-order valence-electron chi connectivity index (χ1n) is 7.96. The summed E-state index contributed by atoms with van der Waals surface area (Å²) in [4.78, 5) is 36.5. The van der Waals surface area contributed by atoms with Crippen LogP contribution in [0.4, 0.5) is 4.79 Å². The molecule has 0 radical (unpaired) electrons. The van der Waals surface area contributed by atoms with Crippen molar-refractivity contribution in [3.63, 3.8) is 0 Å². The zero-order valence-electron chi connectivity index (χ0n) is 14.5. The smallest absolute Gasteiger partial charge is 0.324 e. The molecule has 8 heteroatoms. The maximum atomic E-state index is 12.1. The van der Waals surface area contributed by atoms with Gasteiger partial charge in [0.25, 0.3) is 5.91 Å². The Labute approximate surface area is 146 Å². The van der Waals surface area contributed by atoms with Gasteiger partial charge in [0.2, 0.25) is 0 Å². The standard InChI is InChI=1S/C17H22N2O6/c1-11(16(21)19-9-8-18-17(19)22)25-15(20)7-5-12-4-6-13(23-2)14(10-12)24-3/h4,6,10-11H,5,7-9H2,1-3H3,(H,18,22)/t11-/m1/s1. The molecule has 8 nitrogen and oxygen atoms in total. The first-order chi connectivity index (χ1) is 12.0. The first kappa shape index (κ1) is 18.6. The molecule has 1 saturated heterocycles. The molecule has 1 atom stereocenters.